The number of hydrogen-bond donors (Lipinski definition) is 1. The van der Waals surface area contributed by atoms with E-state index < -0.39 is 5.60 Å². The van der Waals surface area contributed by atoms with Gasteiger partial charge in [0.1, 0.15) is 11.4 Å². The number of para-hydroxylation sites is 1. The van der Waals surface area contributed by atoms with E-state index in [9.17, 15) is 9.59 Å². The van der Waals surface area contributed by atoms with Crippen LogP contribution in [0.5, 0.6) is 5.75 Å². The Labute approximate surface area is 177 Å². The van der Waals surface area contributed by atoms with Gasteiger partial charge < -0.3 is 24.1 Å². The average Bonchev–Trinajstić information content (AvgIpc) is 3.11. The van der Waals surface area contributed by atoms with E-state index >= 15 is 0 Å². The van der Waals surface area contributed by atoms with Crippen LogP contribution in [0.25, 0.3) is 11.0 Å². The van der Waals surface area contributed by atoms with Gasteiger partial charge in [0, 0.05) is 24.9 Å². The molecule has 1 unspecified atom stereocenters. The van der Waals surface area contributed by atoms with Crippen molar-refractivity contribution in [3.05, 3.63) is 30.0 Å². The lowest BCUT2D eigenvalue weighted by Crippen LogP contribution is -2.42. The SMILES string of the molecule is COc1cccc2cc(C(C)NC(=O)CC3CCN(C(=O)OC(C)(C)C)CC3)oc12. The smallest absolute Gasteiger partial charge is 0.410 e. The van der Waals surface area contributed by atoms with E-state index in [1.54, 1.807) is 12.0 Å². The van der Waals surface area contributed by atoms with Crippen molar-refractivity contribution < 1.29 is 23.5 Å². The molecular weight excluding hydrogens is 384 g/mol. The Kier molecular flexibility index (Phi) is 6.58. The Balaban J connectivity index is 1.50. The van der Waals surface area contributed by atoms with Crippen LogP contribution in [0.1, 0.15) is 58.8 Å². The molecule has 1 N–H and O–H groups in total. The second-order valence-corrected chi connectivity index (χ2v) is 8.93. The van der Waals surface area contributed by atoms with Crippen molar-refractivity contribution in [1.29, 1.82) is 0 Å². The molecule has 1 aliphatic heterocycles. The van der Waals surface area contributed by atoms with Gasteiger partial charge in [0.25, 0.3) is 0 Å². The van der Waals surface area contributed by atoms with Crippen molar-refractivity contribution in [2.45, 2.75) is 58.6 Å². The van der Waals surface area contributed by atoms with Crippen LogP contribution in [-0.4, -0.2) is 42.7 Å². The Morgan fingerprint density at radius 1 is 1.27 bits per heavy atom. The Morgan fingerprint density at radius 3 is 2.60 bits per heavy atom. The first kappa shape index (κ1) is 22.0. The summed E-state index contributed by atoms with van der Waals surface area (Å²) < 4.78 is 16.7. The number of amides is 2. The molecule has 30 heavy (non-hydrogen) atoms. The van der Waals surface area contributed by atoms with Crippen molar-refractivity contribution in [2.24, 2.45) is 5.92 Å². The van der Waals surface area contributed by atoms with Crippen molar-refractivity contribution in [2.75, 3.05) is 20.2 Å². The van der Waals surface area contributed by atoms with E-state index in [1.807, 2.05) is 52.0 Å². The van der Waals surface area contributed by atoms with Crippen LogP contribution in [0, 0.1) is 5.92 Å². The molecular formula is C23H32N2O5. The van der Waals surface area contributed by atoms with Gasteiger partial charge in [-0.3, -0.25) is 4.79 Å². The number of benzene rings is 1. The molecule has 0 saturated carbocycles. The second-order valence-electron chi connectivity index (χ2n) is 8.93. The lowest BCUT2D eigenvalue weighted by molar-refractivity contribution is -0.123. The molecule has 7 heteroatoms. The molecule has 0 radical (unpaired) electrons. The van der Waals surface area contributed by atoms with E-state index in [1.165, 1.54) is 0 Å². The van der Waals surface area contributed by atoms with Gasteiger partial charge in [0.15, 0.2) is 11.3 Å². The standard InChI is InChI=1S/C23H32N2O5/c1-15(19-14-17-7-6-8-18(28-5)21(17)29-19)24-20(26)13-16-9-11-25(12-10-16)22(27)30-23(2,3)4/h6-8,14-16H,9-13H2,1-5H3,(H,24,26). The summed E-state index contributed by atoms with van der Waals surface area (Å²) in [5.74, 6) is 1.62. The summed E-state index contributed by atoms with van der Waals surface area (Å²) in [6.07, 6.45) is 1.75. The van der Waals surface area contributed by atoms with Gasteiger partial charge in [-0.2, -0.15) is 0 Å². The Hall–Kier alpha value is -2.70. The molecule has 0 spiro atoms. The minimum atomic E-state index is -0.495. The quantitative estimate of drug-likeness (QED) is 0.767. The van der Waals surface area contributed by atoms with E-state index in [-0.39, 0.29) is 24.0 Å². The number of nitrogens with one attached hydrogen (secondary N) is 1. The zero-order chi connectivity index (χ0) is 21.9. The predicted molar refractivity (Wildman–Crippen MR) is 114 cm³/mol. The molecule has 1 saturated heterocycles. The fourth-order valence-electron chi connectivity index (χ4n) is 3.71. The third-order valence-electron chi connectivity index (χ3n) is 5.29. The van der Waals surface area contributed by atoms with E-state index in [4.69, 9.17) is 13.9 Å². The number of methoxy groups -OCH3 is 1. The largest absolute Gasteiger partial charge is 0.493 e. The van der Waals surface area contributed by atoms with E-state index in [0.717, 1.165) is 18.2 Å². The average molecular weight is 417 g/mol. The van der Waals surface area contributed by atoms with Crippen molar-refractivity contribution in [3.63, 3.8) is 0 Å². The number of carbonyl (C=O) groups is 2. The number of piperidine rings is 1. The highest BCUT2D eigenvalue weighted by atomic mass is 16.6. The molecule has 3 rings (SSSR count). The van der Waals surface area contributed by atoms with Crippen LogP contribution >= 0.6 is 0 Å². The maximum atomic E-state index is 12.6. The van der Waals surface area contributed by atoms with E-state index in [0.29, 0.717) is 36.6 Å². The zero-order valence-corrected chi connectivity index (χ0v) is 18.5. The fraction of sp³-hybridized carbons (Fsp3) is 0.565. The summed E-state index contributed by atoms with van der Waals surface area (Å²) in [5.41, 5.74) is 0.190. The van der Waals surface area contributed by atoms with Crippen LogP contribution in [-0.2, 0) is 9.53 Å². The lowest BCUT2D eigenvalue weighted by Gasteiger charge is -2.33. The monoisotopic (exact) mass is 416 g/mol. The van der Waals surface area contributed by atoms with Crippen molar-refractivity contribution >= 4 is 23.0 Å². The molecule has 2 aromatic rings. The number of likely N-dealkylation sites (tertiary alicyclic amines) is 1. The molecule has 1 aromatic heterocycles. The summed E-state index contributed by atoms with van der Waals surface area (Å²) in [6, 6.07) is 7.41. The number of hydrogen-bond acceptors (Lipinski definition) is 5. The summed E-state index contributed by atoms with van der Waals surface area (Å²) in [5, 5.41) is 3.97. The van der Waals surface area contributed by atoms with Gasteiger partial charge in [-0.25, -0.2) is 4.79 Å². The van der Waals surface area contributed by atoms with Crippen LogP contribution in [0.3, 0.4) is 0 Å². The molecule has 7 nitrogen and oxygen atoms in total. The van der Waals surface area contributed by atoms with Crippen LogP contribution < -0.4 is 10.1 Å². The van der Waals surface area contributed by atoms with Gasteiger partial charge in [-0.05, 0) is 58.6 Å². The second kappa shape index (κ2) is 8.98. The minimum Gasteiger partial charge on any atom is -0.493 e. The number of nitrogens with zero attached hydrogens (tertiary/aromatic N) is 1. The molecule has 1 aromatic carbocycles. The van der Waals surface area contributed by atoms with Crippen molar-refractivity contribution in [1.82, 2.24) is 10.2 Å². The lowest BCUT2D eigenvalue weighted by atomic mass is 9.93. The number of fused-ring (bicyclic) bond motifs is 1. The number of furan rings is 1. The maximum Gasteiger partial charge on any atom is 0.410 e. The van der Waals surface area contributed by atoms with Gasteiger partial charge >= 0.3 is 6.09 Å². The molecule has 164 valence electrons. The van der Waals surface area contributed by atoms with Crippen LogP contribution in [0.15, 0.2) is 28.7 Å². The maximum absolute atomic E-state index is 12.6. The van der Waals surface area contributed by atoms with E-state index in [2.05, 4.69) is 5.32 Å². The summed E-state index contributed by atoms with van der Waals surface area (Å²) in [6.45, 7) is 8.73. The van der Waals surface area contributed by atoms with Crippen molar-refractivity contribution in [3.8, 4) is 5.75 Å². The Bertz CT molecular complexity index is 891. The van der Waals surface area contributed by atoms with Crippen LogP contribution in [0.2, 0.25) is 0 Å². The number of rotatable bonds is 5. The molecule has 0 aliphatic carbocycles. The predicted octanol–water partition coefficient (Wildman–Crippen LogP) is 4.66. The molecule has 1 atom stereocenters. The first-order chi connectivity index (χ1) is 14.2. The minimum absolute atomic E-state index is 0.00867. The topological polar surface area (TPSA) is 81.0 Å². The van der Waals surface area contributed by atoms with Gasteiger partial charge in [0.2, 0.25) is 5.91 Å². The summed E-state index contributed by atoms with van der Waals surface area (Å²) in [7, 11) is 1.61. The first-order valence-corrected chi connectivity index (χ1v) is 10.5. The molecule has 1 fully saturated rings. The summed E-state index contributed by atoms with van der Waals surface area (Å²) >= 11 is 0. The Morgan fingerprint density at radius 2 is 1.97 bits per heavy atom. The van der Waals surface area contributed by atoms with Gasteiger partial charge in [-0.15, -0.1) is 0 Å². The molecule has 2 heterocycles. The highest BCUT2D eigenvalue weighted by molar-refractivity contribution is 5.84. The summed E-state index contributed by atoms with van der Waals surface area (Å²) in [4.78, 5) is 26.4. The number of carbonyl (C=O) groups excluding carboxylic acids is 2. The van der Waals surface area contributed by atoms with Gasteiger partial charge in [-0.1, -0.05) is 12.1 Å². The number of ether oxygens (including phenoxy) is 2. The third kappa shape index (κ3) is 5.46. The molecule has 2 amide bonds. The molecule has 1 aliphatic rings. The highest BCUT2D eigenvalue weighted by Crippen LogP contribution is 2.31. The first-order valence-electron chi connectivity index (χ1n) is 10.5. The van der Waals surface area contributed by atoms with Crippen LogP contribution in [0.4, 0.5) is 4.79 Å². The fourth-order valence-corrected chi connectivity index (χ4v) is 3.71. The molecule has 0 bridgehead atoms. The van der Waals surface area contributed by atoms with Gasteiger partial charge in [0.05, 0.1) is 13.2 Å². The zero-order valence-electron chi connectivity index (χ0n) is 18.5. The highest BCUT2D eigenvalue weighted by Gasteiger charge is 2.28. The third-order valence-corrected chi connectivity index (χ3v) is 5.29. The normalized spacial score (nSPS) is 16.4.